The van der Waals surface area contributed by atoms with E-state index >= 15 is 0 Å². The summed E-state index contributed by atoms with van der Waals surface area (Å²) in [6, 6.07) is 2.79. The molecule has 108 valence electrons. The minimum Gasteiger partial charge on any atom is -0.355 e. The Morgan fingerprint density at radius 3 is 2.60 bits per heavy atom. The minimum atomic E-state index is -0.728. The van der Waals surface area contributed by atoms with Gasteiger partial charge < -0.3 is 10.6 Å². The van der Waals surface area contributed by atoms with E-state index in [1.54, 1.807) is 6.92 Å². The summed E-state index contributed by atoms with van der Waals surface area (Å²) >= 11 is 5.83. The second-order valence-corrected chi connectivity index (χ2v) is 4.42. The lowest BCUT2D eigenvalue weighted by atomic mass is 10.1. The predicted octanol–water partition coefficient (Wildman–Crippen LogP) is 1.50. The molecule has 1 atom stereocenters. The van der Waals surface area contributed by atoms with Crippen LogP contribution in [0, 0.1) is 10.1 Å². The van der Waals surface area contributed by atoms with Gasteiger partial charge in [-0.15, -0.1) is 0 Å². The number of benzene rings is 1. The Balaban J connectivity index is 2.83. The molecule has 20 heavy (non-hydrogen) atoms. The van der Waals surface area contributed by atoms with Gasteiger partial charge in [-0.3, -0.25) is 19.7 Å². The number of halogens is 1. The van der Waals surface area contributed by atoms with Gasteiger partial charge in [0.05, 0.1) is 15.5 Å². The molecule has 0 spiro atoms. The predicted molar refractivity (Wildman–Crippen MR) is 73.7 cm³/mol. The minimum absolute atomic E-state index is 0.0419. The highest BCUT2D eigenvalue weighted by Gasteiger charge is 2.19. The molecular weight excluding hydrogens is 286 g/mol. The fraction of sp³-hybridized carbons (Fsp3) is 0.333. The van der Waals surface area contributed by atoms with Crippen molar-refractivity contribution in [1.29, 1.82) is 0 Å². The number of hydrogen-bond acceptors (Lipinski definition) is 4. The van der Waals surface area contributed by atoms with Crippen LogP contribution in [0.3, 0.4) is 0 Å². The summed E-state index contributed by atoms with van der Waals surface area (Å²) in [5.74, 6) is -0.887. The Morgan fingerprint density at radius 2 is 2.10 bits per heavy atom. The topological polar surface area (TPSA) is 101 Å². The molecule has 2 N–H and O–H groups in total. The van der Waals surface area contributed by atoms with Crippen molar-refractivity contribution in [2.24, 2.45) is 0 Å². The zero-order valence-electron chi connectivity index (χ0n) is 11.0. The van der Waals surface area contributed by atoms with Gasteiger partial charge in [0.1, 0.15) is 6.04 Å². The van der Waals surface area contributed by atoms with E-state index in [1.807, 2.05) is 0 Å². The Bertz CT molecular complexity index is 548. The van der Waals surface area contributed by atoms with Crippen molar-refractivity contribution in [2.75, 3.05) is 6.54 Å². The molecule has 1 aromatic rings. The first-order chi connectivity index (χ1) is 9.36. The van der Waals surface area contributed by atoms with Crippen LogP contribution in [0.25, 0.3) is 0 Å². The zero-order valence-corrected chi connectivity index (χ0v) is 11.7. The quantitative estimate of drug-likeness (QED) is 0.635. The molecule has 0 heterocycles. The van der Waals surface area contributed by atoms with Gasteiger partial charge in [0.25, 0.3) is 11.6 Å². The Kier molecular flexibility index (Phi) is 5.45. The maximum atomic E-state index is 11.9. The lowest BCUT2D eigenvalue weighted by Crippen LogP contribution is -2.44. The Labute approximate surface area is 120 Å². The summed E-state index contributed by atoms with van der Waals surface area (Å²) in [6.45, 7) is 3.75. The third-order valence-corrected chi connectivity index (χ3v) is 2.81. The first-order valence-electron chi connectivity index (χ1n) is 5.89. The van der Waals surface area contributed by atoms with Crippen LogP contribution in [0.1, 0.15) is 24.2 Å². The molecule has 8 heteroatoms. The van der Waals surface area contributed by atoms with Crippen LogP contribution in [0.2, 0.25) is 5.02 Å². The summed E-state index contributed by atoms with van der Waals surface area (Å²) in [5.41, 5.74) is -0.128. The molecule has 0 bridgehead atoms. The first-order valence-corrected chi connectivity index (χ1v) is 6.27. The zero-order chi connectivity index (χ0) is 15.3. The number of nitrogens with one attached hydrogen (secondary N) is 2. The number of carbonyl (C=O) groups excluding carboxylic acids is 2. The molecule has 2 amide bonds. The molecule has 0 saturated carbocycles. The lowest BCUT2D eigenvalue weighted by molar-refractivity contribution is -0.384. The monoisotopic (exact) mass is 299 g/mol. The molecule has 1 aromatic carbocycles. The van der Waals surface area contributed by atoms with Gasteiger partial charge >= 0.3 is 0 Å². The number of nitrogens with zero attached hydrogens (tertiary/aromatic N) is 1. The summed E-state index contributed by atoms with van der Waals surface area (Å²) in [4.78, 5) is 33.4. The first kappa shape index (κ1) is 15.9. The molecule has 0 aliphatic heterocycles. The number of likely N-dealkylation sites (N-methyl/N-ethyl adjacent to an activating group) is 1. The Morgan fingerprint density at radius 1 is 1.45 bits per heavy atom. The van der Waals surface area contributed by atoms with Gasteiger partial charge in [-0.05, 0) is 19.9 Å². The number of rotatable bonds is 5. The molecular formula is C12H14ClN3O4. The molecule has 1 rings (SSSR count). The highest BCUT2D eigenvalue weighted by atomic mass is 35.5. The van der Waals surface area contributed by atoms with Crippen molar-refractivity contribution in [3.05, 3.63) is 38.9 Å². The van der Waals surface area contributed by atoms with Gasteiger partial charge in [0.15, 0.2) is 0 Å². The largest absolute Gasteiger partial charge is 0.355 e. The molecule has 0 aliphatic carbocycles. The van der Waals surface area contributed by atoms with Crippen LogP contribution in [0.4, 0.5) is 5.69 Å². The van der Waals surface area contributed by atoms with E-state index in [1.165, 1.54) is 19.1 Å². The molecule has 0 fully saturated rings. The molecule has 0 saturated heterocycles. The molecule has 0 radical (unpaired) electrons. The second kappa shape index (κ2) is 6.85. The molecule has 7 nitrogen and oxygen atoms in total. The van der Waals surface area contributed by atoms with Crippen LogP contribution < -0.4 is 10.6 Å². The van der Waals surface area contributed by atoms with Crippen LogP contribution in [-0.4, -0.2) is 29.3 Å². The van der Waals surface area contributed by atoms with Crippen molar-refractivity contribution in [1.82, 2.24) is 10.6 Å². The highest BCUT2D eigenvalue weighted by molar-refractivity contribution is 6.34. The van der Waals surface area contributed by atoms with Gasteiger partial charge in [-0.1, -0.05) is 11.6 Å². The van der Waals surface area contributed by atoms with E-state index in [0.717, 1.165) is 6.07 Å². The number of non-ortho nitro benzene ring substituents is 1. The average Bonchev–Trinajstić information content (AvgIpc) is 2.38. The van der Waals surface area contributed by atoms with E-state index in [9.17, 15) is 19.7 Å². The van der Waals surface area contributed by atoms with Crippen LogP contribution in [0.5, 0.6) is 0 Å². The van der Waals surface area contributed by atoms with Gasteiger partial charge in [-0.2, -0.15) is 0 Å². The standard InChI is InChI=1S/C12H14ClN3O4/c1-3-14-11(17)7(2)15-12(18)9-5-4-8(16(19)20)6-10(9)13/h4-7H,3H2,1-2H3,(H,14,17)(H,15,18)/t7-/m1/s1. The number of nitro groups is 1. The van der Waals surface area contributed by atoms with Crippen LogP contribution >= 0.6 is 11.6 Å². The molecule has 0 aliphatic rings. The number of hydrogen-bond donors (Lipinski definition) is 2. The smallest absolute Gasteiger partial charge is 0.270 e. The molecule has 0 aromatic heterocycles. The number of nitro benzene ring substituents is 1. The van der Waals surface area contributed by atoms with Gasteiger partial charge in [0.2, 0.25) is 5.91 Å². The van der Waals surface area contributed by atoms with Crippen LogP contribution in [-0.2, 0) is 4.79 Å². The summed E-state index contributed by atoms with van der Waals surface area (Å²) in [6.07, 6.45) is 0. The summed E-state index contributed by atoms with van der Waals surface area (Å²) in [7, 11) is 0. The number of amides is 2. The SMILES string of the molecule is CCNC(=O)[C@@H](C)NC(=O)c1ccc([N+](=O)[O-])cc1Cl. The van der Waals surface area contributed by atoms with E-state index in [4.69, 9.17) is 11.6 Å². The van der Waals surface area contributed by atoms with Crippen molar-refractivity contribution in [3.8, 4) is 0 Å². The maximum absolute atomic E-state index is 11.9. The van der Waals surface area contributed by atoms with Crippen molar-refractivity contribution in [2.45, 2.75) is 19.9 Å². The van der Waals surface area contributed by atoms with E-state index in [-0.39, 0.29) is 22.2 Å². The maximum Gasteiger partial charge on any atom is 0.270 e. The van der Waals surface area contributed by atoms with Crippen molar-refractivity contribution < 1.29 is 14.5 Å². The summed E-state index contributed by atoms with van der Waals surface area (Å²) in [5, 5.41) is 15.6. The Hall–Kier alpha value is -2.15. The van der Waals surface area contributed by atoms with Crippen LogP contribution in [0.15, 0.2) is 18.2 Å². The average molecular weight is 300 g/mol. The van der Waals surface area contributed by atoms with E-state index < -0.39 is 16.9 Å². The van der Waals surface area contributed by atoms with Crippen molar-refractivity contribution in [3.63, 3.8) is 0 Å². The third-order valence-electron chi connectivity index (χ3n) is 2.50. The third kappa shape index (κ3) is 3.92. The molecule has 0 unspecified atom stereocenters. The fourth-order valence-corrected chi connectivity index (χ4v) is 1.73. The lowest BCUT2D eigenvalue weighted by Gasteiger charge is -2.13. The van der Waals surface area contributed by atoms with E-state index in [2.05, 4.69) is 10.6 Å². The number of carbonyl (C=O) groups is 2. The van der Waals surface area contributed by atoms with Gasteiger partial charge in [-0.25, -0.2) is 0 Å². The normalized spacial score (nSPS) is 11.6. The highest BCUT2D eigenvalue weighted by Crippen LogP contribution is 2.22. The fourth-order valence-electron chi connectivity index (χ4n) is 1.47. The van der Waals surface area contributed by atoms with Crippen molar-refractivity contribution >= 4 is 29.1 Å². The second-order valence-electron chi connectivity index (χ2n) is 4.01. The summed E-state index contributed by atoms with van der Waals surface area (Å²) < 4.78 is 0. The van der Waals surface area contributed by atoms with Gasteiger partial charge in [0, 0.05) is 18.7 Å². The van der Waals surface area contributed by atoms with E-state index in [0.29, 0.717) is 6.54 Å².